The minimum Gasteiger partial charge on any atom is -0.431 e. The average molecular weight is 439 g/mol. The molecule has 1 unspecified atom stereocenters. The van der Waals surface area contributed by atoms with Gasteiger partial charge in [-0.1, -0.05) is 0 Å². The number of hydrogen-bond donors (Lipinski definition) is 1. The van der Waals surface area contributed by atoms with Gasteiger partial charge in [0.15, 0.2) is 11.6 Å². The van der Waals surface area contributed by atoms with Crippen LogP contribution in [-0.4, -0.2) is 52.8 Å². The molecule has 7 nitrogen and oxygen atoms in total. The Kier molecular flexibility index (Phi) is 4.87. The van der Waals surface area contributed by atoms with Crippen LogP contribution in [0.15, 0.2) is 18.3 Å². The highest BCUT2D eigenvalue weighted by atomic mass is 19.3. The Morgan fingerprint density at radius 1 is 1.26 bits per heavy atom. The zero-order chi connectivity index (χ0) is 21.8. The van der Waals surface area contributed by atoms with Crippen LogP contribution in [0, 0.1) is 0 Å². The van der Waals surface area contributed by atoms with E-state index < -0.39 is 18.5 Å². The van der Waals surface area contributed by atoms with Gasteiger partial charge in [-0.25, -0.2) is 23.7 Å². The fraction of sp³-hybridized carbons (Fsp3) is 0.550. The molecule has 31 heavy (non-hydrogen) atoms. The molecule has 2 N–H and O–H groups in total. The molecule has 11 heteroatoms. The second-order valence-electron chi connectivity index (χ2n) is 8.25. The molecular formula is C20H21F4N5O2. The summed E-state index contributed by atoms with van der Waals surface area (Å²) in [5.41, 5.74) is 6.42. The highest BCUT2D eigenvalue weighted by Crippen LogP contribution is 2.44. The lowest BCUT2D eigenvalue weighted by atomic mass is 10.1. The van der Waals surface area contributed by atoms with Gasteiger partial charge in [-0.05, 0) is 18.9 Å². The van der Waals surface area contributed by atoms with Gasteiger partial charge in [-0.15, -0.1) is 0 Å². The number of aromatic nitrogens is 3. The van der Waals surface area contributed by atoms with Crippen LogP contribution in [0.1, 0.15) is 37.4 Å². The molecule has 0 radical (unpaired) electrons. The first-order valence-electron chi connectivity index (χ1n) is 10.1. The van der Waals surface area contributed by atoms with Crippen molar-refractivity contribution in [2.75, 3.05) is 23.8 Å². The van der Waals surface area contributed by atoms with Crippen molar-refractivity contribution in [2.24, 2.45) is 0 Å². The predicted octanol–water partition coefficient (Wildman–Crippen LogP) is 3.60. The Bertz CT molecular complexity index is 992. The summed E-state index contributed by atoms with van der Waals surface area (Å²) in [6.07, 6.45) is 2.15. The monoisotopic (exact) mass is 439 g/mol. The number of fused-ring (bicyclic) bond motifs is 2. The molecule has 166 valence electrons. The smallest absolute Gasteiger partial charge is 0.387 e. The van der Waals surface area contributed by atoms with E-state index in [0.29, 0.717) is 36.1 Å². The van der Waals surface area contributed by atoms with Crippen LogP contribution in [0.2, 0.25) is 0 Å². The van der Waals surface area contributed by atoms with Gasteiger partial charge in [0.2, 0.25) is 5.92 Å². The van der Waals surface area contributed by atoms with E-state index in [2.05, 4.69) is 24.6 Å². The van der Waals surface area contributed by atoms with Gasteiger partial charge in [0.25, 0.3) is 0 Å². The van der Waals surface area contributed by atoms with Crippen molar-refractivity contribution in [3.63, 3.8) is 0 Å². The quantitative estimate of drug-likeness (QED) is 0.713. The van der Waals surface area contributed by atoms with Crippen LogP contribution in [0.5, 0.6) is 5.75 Å². The summed E-state index contributed by atoms with van der Waals surface area (Å²) in [6.45, 7) is -1.82. The maximum atomic E-state index is 13.9. The summed E-state index contributed by atoms with van der Waals surface area (Å²) in [5, 5.41) is 0. The van der Waals surface area contributed by atoms with E-state index in [-0.39, 0.29) is 43.0 Å². The summed E-state index contributed by atoms with van der Waals surface area (Å²) in [4.78, 5) is 15.2. The molecule has 3 aliphatic rings. The molecule has 5 rings (SSSR count). The van der Waals surface area contributed by atoms with Crippen molar-refractivity contribution >= 4 is 11.6 Å². The molecule has 1 saturated carbocycles. The highest BCUT2D eigenvalue weighted by molar-refractivity contribution is 5.67. The minimum absolute atomic E-state index is 0.118. The largest absolute Gasteiger partial charge is 0.431 e. The fourth-order valence-electron chi connectivity index (χ4n) is 4.57. The maximum Gasteiger partial charge on any atom is 0.387 e. The Morgan fingerprint density at radius 3 is 2.74 bits per heavy atom. The molecule has 0 aromatic carbocycles. The predicted molar refractivity (Wildman–Crippen MR) is 103 cm³/mol. The number of morpholine rings is 1. The van der Waals surface area contributed by atoms with Crippen LogP contribution in [0.4, 0.5) is 29.2 Å². The number of halogens is 4. The molecule has 2 aliphatic heterocycles. The highest BCUT2D eigenvalue weighted by Gasteiger charge is 2.43. The molecule has 2 aromatic rings. The van der Waals surface area contributed by atoms with Crippen LogP contribution in [0.3, 0.4) is 0 Å². The summed E-state index contributed by atoms with van der Waals surface area (Å²) in [5.74, 6) is -2.74. The van der Waals surface area contributed by atoms with E-state index in [4.69, 9.17) is 10.5 Å². The van der Waals surface area contributed by atoms with Crippen LogP contribution in [0.25, 0.3) is 11.3 Å². The van der Waals surface area contributed by atoms with E-state index in [1.165, 1.54) is 12.3 Å². The molecule has 3 fully saturated rings. The number of alkyl halides is 4. The normalized spacial score (nSPS) is 26.7. The van der Waals surface area contributed by atoms with Crippen molar-refractivity contribution in [2.45, 2.75) is 56.3 Å². The van der Waals surface area contributed by atoms with Crippen molar-refractivity contribution in [3.05, 3.63) is 24.2 Å². The van der Waals surface area contributed by atoms with E-state index in [1.54, 1.807) is 6.07 Å². The molecular weight excluding hydrogens is 418 g/mol. The van der Waals surface area contributed by atoms with E-state index in [1.807, 2.05) is 0 Å². The molecule has 3 atom stereocenters. The molecule has 2 saturated heterocycles. The van der Waals surface area contributed by atoms with Gasteiger partial charge >= 0.3 is 6.61 Å². The zero-order valence-electron chi connectivity index (χ0n) is 16.5. The zero-order valence-corrected chi connectivity index (χ0v) is 16.5. The third-order valence-corrected chi connectivity index (χ3v) is 6.09. The summed E-state index contributed by atoms with van der Waals surface area (Å²) >= 11 is 0. The summed E-state index contributed by atoms with van der Waals surface area (Å²) in [7, 11) is 0. The molecule has 2 aromatic heterocycles. The molecule has 0 spiro atoms. The number of nitrogens with two attached hydrogens (primary N) is 1. The number of pyridine rings is 1. The SMILES string of the molecule is Nc1ncc(-c2cc(N3C[C@@H]4C[C@H]3CO4)nc(C3CCC(F)(F)C3)n2)cc1OC(F)F. The summed E-state index contributed by atoms with van der Waals surface area (Å²) in [6, 6.07) is 3.21. The second kappa shape index (κ2) is 7.47. The standard InChI is InChI=1S/C20H21F4N5O2/c21-19(22)31-15-3-11(7-26-17(15)25)14-5-16(29-8-13-4-12(29)9-30-13)28-18(27-14)10-1-2-20(23,24)6-10/h3,5,7,10,12-13,19H,1-2,4,6,8-9H2,(H2,25,26)/t10?,12-,13-/m0/s1. The van der Waals surface area contributed by atoms with Crippen molar-refractivity contribution < 1.29 is 27.0 Å². The lowest BCUT2D eigenvalue weighted by molar-refractivity contribution is -0.0494. The van der Waals surface area contributed by atoms with Gasteiger partial charge in [-0.3, -0.25) is 0 Å². The molecule has 4 heterocycles. The fourth-order valence-corrected chi connectivity index (χ4v) is 4.57. The van der Waals surface area contributed by atoms with E-state index in [0.717, 1.165) is 6.42 Å². The molecule has 0 amide bonds. The molecule has 2 bridgehead atoms. The van der Waals surface area contributed by atoms with Gasteiger partial charge in [0.05, 0.1) is 24.4 Å². The van der Waals surface area contributed by atoms with Crippen LogP contribution >= 0.6 is 0 Å². The number of nitrogen functional groups attached to an aromatic ring is 1. The second-order valence-corrected chi connectivity index (χ2v) is 8.25. The number of rotatable bonds is 5. The average Bonchev–Trinajstić information content (AvgIpc) is 3.44. The Hall–Kier alpha value is -2.69. The summed E-state index contributed by atoms with van der Waals surface area (Å²) < 4.78 is 63.2. The number of nitrogens with zero attached hydrogens (tertiary/aromatic N) is 4. The lowest BCUT2D eigenvalue weighted by Gasteiger charge is -2.28. The number of ether oxygens (including phenoxy) is 2. The minimum atomic E-state index is -3.06. The first kappa shape index (κ1) is 20.2. The Balaban J connectivity index is 1.55. The van der Waals surface area contributed by atoms with Gasteiger partial charge in [0, 0.05) is 43.1 Å². The lowest BCUT2D eigenvalue weighted by Crippen LogP contribution is -2.37. The van der Waals surface area contributed by atoms with Gasteiger partial charge in [-0.2, -0.15) is 8.78 Å². The van der Waals surface area contributed by atoms with E-state index >= 15 is 0 Å². The Morgan fingerprint density at radius 2 is 2.10 bits per heavy atom. The van der Waals surface area contributed by atoms with Crippen LogP contribution in [-0.2, 0) is 4.74 Å². The van der Waals surface area contributed by atoms with Crippen molar-refractivity contribution in [1.82, 2.24) is 15.0 Å². The van der Waals surface area contributed by atoms with Crippen molar-refractivity contribution in [1.29, 1.82) is 0 Å². The van der Waals surface area contributed by atoms with Gasteiger partial charge in [0.1, 0.15) is 11.6 Å². The van der Waals surface area contributed by atoms with E-state index in [9.17, 15) is 17.6 Å². The van der Waals surface area contributed by atoms with Crippen molar-refractivity contribution in [3.8, 4) is 17.0 Å². The maximum absolute atomic E-state index is 13.9. The first-order valence-corrected chi connectivity index (χ1v) is 10.1. The number of anilines is 2. The number of hydrogen-bond acceptors (Lipinski definition) is 7. The Labute approximate surface area is 175 Å². The molecule has 1 aliphatic carbocycles. The van der Waals surface area contributed by atoms with Gasteiger partial charge < -0.3 is 20.1 Å². The van der Waals surface area contributed by atoms with Crippen LogP contribution < -0.4 is 15.4 Å². The third kappa shape index (κ3) is 3.98. The third-order valence-electron chi connectivity index (χ3n) is 6.09. The topological polar surface area (TPSA) is 86.4 Å². The first-order chi connectivity index (χ1) is 14.8.